The maximum Gasteiger partial charge on any atom is 0.243 e. The van der Waals surface area contributed by atoms with E-state index in [-0.39, 0.29) is 24.3 Å². The fraction of sp³-hybridized carbons (Fsp3) is 0.259. The number of rotatable bonds is 9. The van der Waals surface area contributed by atoms with Crippen LogP contribution in [0.2, 0.25) is 10.0 Å². The van der Waals surface area contributed by atoms with E-state index in [4.69, 9.17) is 23.2 Å². The van der Waals surface area contributed by atoms with Crippen LogP contribution in [-0.2, 0) is 29.0 Å². The highest BCUT2D eigenvalue weighted by Crippen LogP contribution is 2.24. The summed E-state index contributed by atoms with van der Waals surface area (Å²) in [7, 11) is 0. The summed E-state index contributed by atoms with van der Waals surface area (Å²) < 4.78 is 0.910. The first-order chi connectivity index (χ1) is 16.2. The Morgan fingerprint density at radius 3 is 2.24 bits per heavy atom. The van der Waals surface area contributed by atoms with Crippen LogP contribution in [0.15, 0.2) is 77.3 Å². The predicted molar refractivity (Wildman–Crippen MR) is 142 cm³/mol. The second-order valence-corrected chi connectivity index (χ2v) is 10.2. The fourth-order valence-corrected chi connectivity index (χ4v) is 4.46. The zero-order chi connectivity index (χ0) is 24.7. The van der Waals surface area contributed by atoms with Crippen LogP contribution in [0.25, 0.3) is 0 Å². The molecule has 0 radical (unpaired) electrons. The van der Waals surface area contributed by atoms with E-state index in [9.17, 15) is 9.59 Å². The summed E-state index contributed by atoms with van der Waals surface area (Å²) in [6.07, 6.45) is 0.506. The molecule has 0 saturated heterocycles. The molecular formula is C27H27BrCl2N2O2. The van der Waals surface area contributed by atoms with Gasteiger partial charge in [-0.3, -0.25) is 9.59 Å². The van der Waals surface area contributed by atoms with E-state index in [1.807, 2.05) is 68.4 Å². The van der Waals surface area contributed by atoms with Gasteiger partial charge in [0.15, 0.2) is 0 Å². The monoisotopic (exact) mass is 560 g/mol. The minimum absolute atomic E-state index is 0.0522. The molecule has 3 rings (SSSR count). The molecule has 4 nitrogen and oxygen atoms in total. The molecule has 1 unspecified atom stereocenters. The van der Waals surface area contributed by atoms with E-state index in [1.165, 1.54) is 0 Å². The van der Waals surface area contributed by atoms with E-state index in [0.29, 0.717) is 23.0 Å². The molecule has 0 heterocycles. The first-order valence-corrected chi connectivity index (χ1v) is 12.6. The average molecular weight is 562 g/mol. The van der Waals surface area contributed by atoms with E-state index >= 15 is 0 Å². The molecule has 2 amide bonds. The van der Waals surface area contributed by atoms with Gasteiger partial charge in [-0.05, 0) is 54.8 Å². The Kier molecular flexibility index (Phi) is 9.57. The molecule has 1 N–H and O–H groups in total. The number of hydrogen-bond donors (Lipinski definition) is 1. The van der Waals surface area contributed by atoms with Gasteiger partial charge in [0.25, 0.3) is 0 Å². The molecular weight excluding hydrogens is 535 g/mol. The van der Waals surface area contributed by atoms with Crippen molar-refractivity contribution in [2.75, 3.05) is 0 Å². The largest absolute Gasteiger partial charge is 0.352 e. The van der Waals surface area contributed by atoms with E-state index in [2.05, 4.69) is 21.2 Å². The standard InChI is InChI=1S/C27H27BrCl2N2O2/c1-18(2)31-27(34)25(15-19-7-4-3-5-8-19)32(17-21-9-6-10-22(28)13-21)26(33)16-20-11-12-23(29)24(30)14-20/h3-14,18,25H,15-17H2,1-2H3,(H,31,34). The summed E-state index contributed by atoms with van der Waals surface area (Å²) in [6.45, 7) is 4.12. The van der Waals surface area contributed by atoms with Crippen molar-refractivity contribution in [3.8, 4) is 0 Å². The lowest BCUT2D eigenvalue weighted by Crippen LogP contribution is -2.52. The summed E-state index contributed by atoms with van der Waals surface area (Å²) >= 11 is 15.7. The molecule has 0 aliphatic carbocycles. The highest BCUT2D eigenvalue weighted by Gasteiger charge is 2.30. The number of benzene rings is 3. The highest BCUT2D eigenvalue weighted by atomic mass is 79.9. The Bertz CT molecular complexity index is 1140. The van der Waals surface area contributed by atoms with Crippen LogP contribution in [0, 0.1) is 0 Å². The van der Waals surface area contributed by atoms with Crippen LogP contribution in [0.1, 0.15) is 30.5 Å². The molecule has 0 spiro atoms. The van der Waals surface area contributed by atoms with E-state index in [1.54, 1.807) is 23.1 Å². The van der Waals surface area contributed by atoms with Gasteiger partial charge in [0.2, 0.25) is 11.8 Å². The van der Waals surface area contributed by atoms with Gasteiger partial charge in [-0.15, -0.1) is 0 Å². The molecule has 34 heavy (non-hydrogen) atoms. The Labute approximate surface area is 219 Å². The molecule has 0 bridgehead atoms. The van der Waals surface area contributed by atoms with Crippen molar-refractivity contribution in [2.24, 2.45) is 0 Å². The van der Waals surface area contributed by atoms with Gasteiger partial charge < -0.3 is 10.2 Å². The van der Waals surface area contributed by atoms with Crippen molar-refractivity contribution in [3.63, 3.8) is 0 Å². The normalized spacial score (nSPS) is 11.8. The molecule has 7 heteroatoms. The number of carbonyl (C=O) groups is 2. The zero-order valence-electron chi connectivity index (χ0n) is 19.1. The summed E-state index contributed by atoms with van der Waals surface area (Å²) in [5.41, 5.74) is 2.64. The minimum Gasteiger partial charge on any atom is -0.352 e. The molecule has 0 fully saturated rings. The summed E-state index contributed by atoms with van der Waals surface area (Å²) in [5, 5.41) is 3.82. The summed E-state index contributed by atoms with van der Waals surface area (Å²) in [5.74, 6) is -0.352. The first kappa shape index (κ1) is 26.3. The second kappa shape index (κ2) is 12.4. The number of nitrogens with one attached hydrogen (secondary N) is 1. The van der Waals surface area contributed by atoms with Gasteiger partial charge in [-0.1, -0.05) is 87.7 Å². The van der Waals surface area contributed by atoms with Gasteiger partial charge in [-0.2, -0.15) is 0 Å². The van der Waals surface area contributed by atoms with Crippen molar-refractivity contribution < 1.29 is 9.59 Å². The smallest absolute Gasteiger partial charge is 0.243 e. The third kappa shape index (κ3) is 7.59. The van der Waals surface area contributed by atoms with Crippen LogP contribution in [0.5, 0.6) is 0 Å². The predicted octanol–water partition coefficient (Wildman–Crippen LogP) is 6.46. The average Bonchev–Trinajstić information content (AvgIpc) is 2.79. The number of carbonyl (C=O) groups excluding carboxylic acids is 2. The van der Waals surface area contributed by atoms with Gasteiger partial charge in [0.1, 0.15) is 6.04 Å². The van der Waals surface area contributed by atoms with Crippen molar-refractivity contribution in [3.05, 3.63) is 104 Å². The Hall–Kier alpha value is -2.34. The van der Waals surface area contributed by atoms with E-state index in [0.717, 1.165) is 21.2 Å². The van der Waals surface area contributed by atoms with Gasteiger partial charge in [0.05, 0.1) is 16.5 Å². The lowest BCUT2D eigenvalue weighted by Gasteiger charge is -2.32. The molecule has 0 aliphatic heterocycles. The van der Waals surface area contributed by atoms with Gasteiger partial charge in [-0.25, -0.2) is 0 Å². The molecule has 3 aromatic carbocycles. The minimum atomic E-state index is -0.681. The molecule has 178 valence electrons. The van der Waals surface area contributed by atoms with Crippen LogP contribution in [0.4, 0.5) is 0 Å². The number of amides is 2. The molecule has 0 aromatic heterocycles. The van der Waals surface area contributed by atoms with Gasteiger partial charge >= 0.3 is 0 Å². The lowest BCUT2D eigenvalue weighted by atomic mass is 10.0. The van der Waals surface area contributed by atoms with Crippen molar-refractivity contribution in [2.45, 2.75) is 45.3 Å². The summed E-state index contributed by atoms with van der Waals surface area (Å²) in [6, 6.07) is 21.9. The summed E-state index contributed by atoms with van der Waals surface area (Å²) in [4.78, 5) is 28.7. The lowest BCUT2D eigenvalue weighted by molar-refractivity contribution is -0.141. The van der Waals surface area contributed by atoms with Gasteiger partial charge in [0, 0.05) is 23.5 Å². The number of hydrogen-bond acceptors (Lipinski definition) is 2. The molecule has 0 saturated carbocycles. The van der Waals surface area contributed by atoms with Crippen LogP contribution < -0.4 is 5.32 Å². The first-order valence-electron chi connectivity index (χ1n) is 11.0. The van der Waals surface area contributed by atoms with Crippen LogP contribution in [-0.4, -0.2) is 28.8 Å². The van der Waals surface area contributed by atoms with Crippen LogP contribution >= 0.6 is 39.1 Å². The number of nitrogens with zero attached hydrogens (tertiary/aromatic N) is 1. The molecule has 0 aliphatic rings. The SMILES string of the molecule is CC(C)NC(=O)C(Cc1ccccc1)N(Cc1cccc(Br)c1)C(=O)Cc1ccc(Cl)c(Cl)c1. The third-order valence-electron chi connectivity index (χ3n) is 5.28. The topological polar surface area (TPSA) is 49.4 Å². The molecule has 1 atom stereocenters. The quantitative estimate of drug-likeness (QED) is 0.326. The van der Waals surface area contributed by atoms with Crippen molar-refractivity contribution in [1.82, 2.24) is 10.2 Å². The van der Waals surface area contributed by atoms with E-state index < -0.39 is 6.04 Å². The Morgan fingerprint density at radius 1 is 0.882 bits per heavy atom. The van der Waals surface area contributed by atoms with Crippen LogP contribution in [0.3, 0.4) is 0 Å². The zero-order valence-corrected chi connectivity index (χ0v) is 22.2. The highest BCUT2D eigenvalue weighted by molar-refractivity contribution is 9.10. The second-order valence-electron chi connectivity index (χ2n) is 8.45. The Morgan fingerprint density at radius 2 is 1.59 bits per heavy atom. The number of halogens is 3. The Balaban J connectivity index is 1.98. The van der Waals surface area contributed by atoms with Crippen molar-refractivity contribution >= 4 is 50.9 Å². The fourth-order valence-electron chi connectivity index (χ4n) is 3.69. The van der Waals surface area contributed by atoms with Crippen molar-refractivity contribution in [1.29, 1.82) is 0 Å². The third-order valence-corrected chi connectivity index (χ3v) is 6.52. The molecule has 3 aromatic rings. The maximum atomic E-state index is 13.7. The maximum absolute atomic E-state index is 13.7.